The Morgan fingerprint density at radius 3 is 1.48 bits per heavy atom. The zero-order valence-electron chi connectivity index (χ0n) is 68.7. The van der Waals surface area contributed by atoms with Crippen LogP contribution in [0.5, 0.6) is 17.2 Å². The SMILES string of the molecule is CN1CC=C(c2cn(S(=O)(=O)c3cccc4cnccc34)c3ccc(F)cc23)CC1.CN1CCOc2cc(S(=O)(=O)n3cc(N4CCNCC4)c4ccccc43)ccc21.CN1CCOc2cc(S(=O)(=O)n3nc(N4CCNCC4)c4ccccc43)ccc21.O=C1COc2cc(S(=O)(=O)n3nc(N4CCNCC4)c4ccccc43)ccc2N1.O=CO.O=CO.O=CO. The summed E-state index contributed by atoms with van der Waals surface area (Å²) in [6.07, 6.45) is 9.50. The lowest BCUT2D eigenvalue weighted by molar-refractivity contribution is -0.123. The number of fused-ring (bicyclic) bond motifs is 8. The van der Waals surface area contributed by atoms with E-state index in [2.05, 4.69) is 71.9 Å². The summed E-state index contributed by atoms with van der Waals surface area (Å²) in [7, 11) is -9.51. The molecule has 35 nitrogen and oxygen atoms in total. The summed E-state index contributed by atoms with van der Waals surface area (Å²) in [6, 6.07) is 48.1. The molecule has 3 fully saturated rings. The highest BCUT2D eigenvalue weighted by molar-refractivity contribution is 7.91. The Balaban J connectivity index is 0.000000132. The Bertz CT molecular complexity index is 6530. The highest BCUT2D eigenvalue weighted by atomic mass is 32.2. The Labute approximate surface area is 725 Å². The molecule has 13 aromatic rings. The largest absolute Gasteiger partial charge is 0.490 e. The van der Waals surface area contributed by atoms with Crippen LogP contribution < -0.4 is 60.0 Å². The van der Waals surface area contributed by atoms with Crippen LogP contribution in [0.25, 0.3) is 60.0 Å². The van der Waals surface area contributed by atoms with Crippen LogP contribution in [0, 0.1) is 5.82 Å². The van der Waals surface area contributed by atoms with Crippen LogP contribution in [0.15, 0.2) is 220 Å². The van der Waals surface area contributed by atoms with E-state index in [1.165, 1.54) is 44.3 Å². The van der Waals surface area contributed by atoms with Crippen molar-refractivity contribution in [1.82, 2.24) is 52.2 Å². The number of nitrogens with zero attached hydrogens (tertiary/aromatic N) is 13. The van der Waals surface area contributed by atoms with Crippen molar-refractivity contribution in [2.45, 2.75) is 26.0 Å². The number of halogens is 1. The number of anilines is 6. The van der Waals surface area contributed by atoms with E-state index in [1.54, 1.807) is 91.5 Å². The number of hydrogen-bond acceptors (Lipinski definition) is 27. The van der Waals surface area contributed by atoms with Crippen LogP contribution in [0.3, 0.4) is 0 Å². The molecule has 3 saturated heterocycles. The number of aromatic nitrogens is 7. The number of ether oxygens (including phenoxy) is 3. The number of para-hydroxylation sites is 3. The minimum absolute atomic E-state index is 0.0486. The number of benzene rings is 8. The number of carbonyl (C=O) groups is 4. The van der Waals surface area contributed by atoms with Gasteiger partial charge in [-0.05, 0) is 116 Å². The van der Waals surface area contributed by atoms with Crippen molar-refractivity contribution in [3.63, 3.8) is 0 Å². The second-order valence-electron chi connectivity index (χ2n) is 29.6. The molecule has 0 atom stereocenters. The number of rotatable bonds is 12. The van der Waals surface area contributed by atoms with Crippen molar-refractivity contribution in [2.75, 3.05) is 175 Å². The van der Waals surface area contributed by atoms with Gasteiger partial charge >= 0.3 is 0 Å². The molecule has 40 heteroatoms. The second kappa shape index (κ2) is 38.9. The molecule has 12 heterocycles. The van der Waals surface area contributed by atoms with Gasteiger partial charge in [-0.3, -0.25) is 24.2 Å². The van der Waals surface area contributed by atoms with Gasteiger partial charge in [0.15, 0.2) is 18.2 Å². The smallest absolute Gasteiger partial charge is 0.290 e. The molecule has 0 bridgehead atoms. The molecule has 7 N–H and O–H groups in total. The van der Waals surface area contributed by atoms with Crippen LogP contribution in [-0.2, 0) is 59.3 Å². The average molecular weight is 1800 g/mol. The quantitative estimate of drug-likeness (QED) is 0.0569. The Hall–Kier alpha value is -13.2. The van der Waals surface area contributed by atoms with Gasteiger partial charge in [-0.2, -0.15) is 25.0 Å². The molecule has 126 heavy (non-hydrogen) atoms. The fraction of sp³-hybridized carbons (Fsp3) is 0.267. The predicted octanol–water partition coefficient (Wildman–Crippen LogP) is 8.03. The van der Waals surface area contributed by atoms with E-state index in [0.29, 0.717) is 80.6 Å². The van der Waals surface area contributed by atoms with E-state index in [-0.39, 0.29) is 57.3 Å². The first-order valence-corrected chi connectivity index (χ1v) is 45.8. The number of hydrogen-bond donors (Lipinski definition) is 7. The maximum absolute atomic E-state index is 14.1. The summed E-state index contributed by atoms with van der Waals surface area (Å²) < 4.78 is 144. The Morgan fingerprint density at radius 1 is 0.452 bits per heavy atom. The third-order valence-electron chi connectivity index (χ3n) is 21.9. The lowest BCUT2D eigenvalue weighted by Gasteiger charge is -2.28. The van der Waals surface area contributed by atoms with Crippen LogP contribution in [0.1, 0.15) is 12.0 Å². The van der Waals surface area contributed by atoms with Crippen LogP contribution in [0.4, 0.5) is 38.8 Å². The monoisotopic (exact) mass is 1800 g/mol. The average Bonchev–Trinajstić information content (AvgIpc) is 1.60. The number of piperazine rings is 3. The Kier molecular flexibility index (Phi) is 27.5. The number of pyridine rings is 1. The molecule has 7 aliphatic rings. The van der Waals surface area contributed by atoms with Crippen molar-refractivity contribution < 1.29 is 86.8 Å². The lowest BCUT2D eigenvalue weighted by Crippen LogP contribution is -2.43. The van der Waals surface area contributed by atoms with Crippen LogP contribution >= 0.6 is 0 Å². The van der Waals surface area contributed by atoms with E-state index in [1.807, 2.05) is 87.9 Å². The van der Waals surface area contributed by atoms with E-state index in [0.717, 1.165) is 169 Å². The minimum atomic E-state index is -3.96. The third-order valence-corrected chi connectivity index (χ3v) is 28.5. The topological polar surface area (TPSA) is 419 Å². The van der Waals surface area contributed by atoms with Gasteiger partial charge in [-0.1, -0.05) is 60.7 Å². The number of likely N-dealkylation sites (N-methyl/N-ethyl adjacent to an activating group) is 3. The third kappa shape index (κ3) is 18.6. The fourth-order valence-electron chi connectivity index (χ4n) is 15.7. The highest BCUT2D eigenvalue weighted by Gasteiger charge is 2.33. The zero-order valence-corrected chi connectivity index (χ0v) is 72.0. The lowest BCUT2D eigenvalue weighted by atomic mass is 9.99. The van der Waals surface area contributed by atoms with Gasteiger partial charge in [-0.25, -0.2) is 29.2 Å². The van der Waals surface area contributed by atoms with Crippen LogP contribution in [-0.4, -0.2) is 256 Å². The first kappa shape index (κ1) is 89.1. The first-order valence-electron chi connectivity index (χ1n) is 40.1. The molecule has 8 aromatic carbocycles. The van der Waals surface area contributed by atoms with E-state index >= 15 is 0 Å². The zero-order chi connectivity index (χ0) is 89.0. The minimum Gasteiger partial charge on any atom is -0.490 e. The molecule has 1 amide bonds. The summed E-state index contributed by atoms with van der Waals surface area (Å²) in [6.45, 7) is 13.3. The number of carboxylic acid groups (broad SMARTS) is 3. The second-order valence-corrected chi connectivity index (χ2v) is 36.8. The molecule has 7 aliphatic heterocycles. The molecule has 0 spiro atoms. The molecule has 0 aliphatic carbocycles. The number of nitrogens with one attached hydrogen (secondary N) is 4. The van der Waals surface area contributed by atoms with Crippen LogP contribution in [0.2, 0.25) is 0 Å². The van der Waals surface area contributed by atoms with Crippen molar-refractivity contribution in [2.24, 2.45) is 0 Å². The van der Waals surface area contributed by atoms with Crippen molar-refractivity contribution >= 4 is 160 Å². The summed E-state index contributed by atoms with van der Waals surface area (Å²) in [5.41, 5.74) is 7.28. The van der Waals surface area contributed by atoms with E-state index < -0.39 is 40.1 Å². The number of amides is 1. The van der Waals surface area contributed by atoms with E-state index in [4.69, 9.17) is 43.9 Å². The maximum Gasteiger partial charge on any atom is 0.290 e. The van der Waals surface area contributed by atoms with Gasteiger partial charge in [-0.15, -0.1) is 10.2 Å². The van der Waals surface area contributed by atoms with Crippen molar-refractivity contribution in [3.8, 4) is 17.2 Å². The van der Waals surface area contributed by atoms with Gasteiger partial charge in [0, 0.05) is 187 Å². The summed E-state index contributed by atoms with van der Waals surface area (Å²) in [5.74, 6) is 2.23. The molecular formula is C86H92FN17O18S4. The Morgan fingerprint density at radius 2 is 0.937 bits per heavy atom. The molecule has 0 unspecified atom stereocenters. The molecule has 0 radical (unpaired) electrons. The molecule has 5 aromatic heterocycles. The van der Waals surface area contributed by atoms with Gasteiger partial charge in [0.1, 0.15) is 36.3 Å². The fourth-order valence-corrected chi connectivity index (χ4v) is 21.3. The normalized spacial score (nSPS) is 15.9. The molecule has 20 rings (SSSR count). The van der Waals surface area contributed by atoms with Gasteiger partial charge in [0.25, 0.3) is 65.4 Å². The van der Waals surface area contributed by atoms with Crippen molar-refractivity contribution in [1.29, 1.82) is 0 Å². The van der Waals surface area contributed by atoms with E-state index in [9.17, 15) is 42.9 Å². The highest BCUT2D eigenvalue weighted by Crippen LogP contribution is 2.41. The van der Waals surface area contributed by atoms with Crippen molar-refractivity contribution in [3.05, 3.63) is 212 Å². The summed E-state index contributed by atoms with van der Waals surface area (Å²) in [5, 5.41) is 46.9. The molecular weight excluding hydrogens is 1710 g/mol. The summed E-state index contributed by atoms with van der Waals surface area (Å²) >= 11 is 0. The van der Waals surface area contributed by atoms with Gasteiger partial charge in [0.2, 0.25) is 0 Å². The summed E-state index contributed by atoms with van der Waals surface area (Å²) in [4.78, 5) is 54.1. The number of carbonyl (C=O) groups excluding carboxylic acids is 1. The molecule has 0 saturated carbocycles. The predicted molar refractivity (Wildman–Crippen MR) is 478 cm³/mol. The molecule has 660 valence electrons. The first-order chi connectivity index (χ1) is 60.8. The standard InChI is InChI=1S/C23H20FN3O2S.C21H24N4O3S.C20H23N5O3S.C19H19N5O4S.3CH2O2/c1-26-11-8-16(9-12-26)21-15-27(22-6-5-18(24)13-20(21)22)30(28,29)23-4-2-3-17-14-25-10-7-19(17)23;1-23-12-13-28-21-14-16(6-7-19(21)23)29(26,27)25-15-20(24-10-8-22-9-11-24)17-4-2-3-5-18(17)25;1-23-12-13-28-19-14-15(6-7-18(19)23)29(26,27)25-17-5-3-2-4-16(17)20(22-25)24-10-8-21-9-11-24;25-18-12-28-17-11-13(5-6-15(17)21-18)29(26,27)24-16-4-2-1-3-14(16)19(22-24)23-9-7-20-8-10-23;3*2-1-3/h2-8,10,13-15H,9,11-12H2,1H3;2-7,14-15,22H,8-13H2,1H3;2-7,14,21H,8-13H2,1H3;1-6,11,20H,7-10,12H2,(H,21,25);3*1H,(H,2,3). The van der Waals surface area contributed by atoms with Gasteiger partial charge in [0.05, 0.1) is 77.5 Å². The van der Waals surface area contributed by atoms with Gasteiger partial charge < -0.3 is 80.2 Å². The maximum atomic E-state index is 14.1.